The Morgan fingerprint density at radius 2 is 2.10 bits per heavy atom. The quantitative estimate of drug-likeness (QED) is 0.366. The second-order valence-corrected chi connectivity index (χ2v) is 3.06. The lowest BCUT2D eigenvalue weighted by atomic mass is 9.96. The van der Waals surface area contributed by atoms with Crippen molar-refractivity contribution in [2.24, 2.45) is 17.0 Å². The summed E-state index contributed by atoms with van der Waals surface area (Å²) in [7, 11) is 0. The summed E-state index contributed by atoms with van der Waals surface area (Å²) in [6, 6.07) is 0. The summed E-state index contributed by atoms with van der Waals surface area (Å²) in [5.74, 6) is 1.13. The molecular formula is C8H17NO. The molecule has 0 amide bonds. The first-order valence-corrected chi connectivity index (χ1v) is 3.88. The van der Waals surface area contributed by atoms with Gasteiger partial charge in [-0.15, -0.1) is 5.16 Å². The Hall–Kier alpha value is -0.530. The van der Waals surface area contributed by atoms with Crippen LogP contribution in [0.2, 0.25) is 0 Å². The molecule has 1 atom stereocenters. The maximum atomic E-state index is 8.25. The molecular weight excluding hydrogens is 126 g/mol. The Kier molecular flexibility index (Phi) is 4.99. The summed E-state index contributed by atoms with van der Waals surface area (Å²) in [6.07, 6.45) is 3.79. The smallest absolute Gasteiger partial charge is 0.0466 e. The van der Waals surface area contributed by atoms with Gasteiger partial charge in [0.15, 0.2) is 0 Å². The fraction of sp³-hybridized carbons (Fsp3) is 0.875. The van der Waals surface area contributed by atoms with Crippen molar-refractivity contribution in [3.63, 3.8) is 0 Å². The Labute approximate surface area is 62.9 Å². The van der Waals surface area contributed by atoms with E-state index in [-0.39, 0.29) is 0 Å². The maximum Gasteiger partial charge on any atom is 0.0466 e. The van der Waals surface area contributed by atoms with Crippen LogP contribution in [0.4, 0.5) is 0 Å². The standard InChI is InChI=1S/C8H17NO/c1-4-8(6-9-10)5-7(2)3/h6-8,10H,4-5H2,1-3H3. The van der Waals surface area contributed by atoms with Gasteiger partial charge in [0.1, 0.15) is 0 Å². The van der Waals surface area contributed by atoms with E-state index in [1.165, 1.54) is 0 Å². The van der Waals surface area contributed by atoms with Crippen LogP contribution in [0, 0.1) is 11.8 Å². The van der Waals surface area contributed by atoms with Gasteiger partial charge in [-0.05, 0) is 24.7 Å². The minimum atomic E-state index is 0.449. The van der Waals surface area contributed by atoms with Gasteiger partial charge in [-0.2, -0.15) is 0 Å². The van der Waals surface area contributed by atoms with Crippen molar-refractivity contribution >= 4 is 6.21 Å². The third kappa shape index (κ3) is 4.36. The van der Waals surface area contributed by atoms with Gasteiger partial charge in [0, 0.05) is 6.21 Å². The Morgan fingerprint density at radius 1 is 1.50 bits per heavy atom. The molecule has 0 aromatic heterocycles. The zero-order valence-corrected chi connectivity index (χ0v) is 7.04. The van der Waals surface area contributed by atoms with Crippen LogP contribution < -0.4 is 0 Å². The SMILES string of the molecule is CCC(C=NO)CC(C)C. The Morgan fingerprint density at radius 3 is 2.40 bits per heavy atom. The molecule has 0 rings (SSSR count). The van der Waals surface area contributed by atoms with Gasteiger partial charge in [-0.3, -0.25) is 0 Å². The average molecular weight is 143 g/mol. The first-order chi connectivity index (χ1) is 4.70. The van der Waals surface area contributed by atoms with E-state index in [2.05, 4.69) is 25.9 Å². The predicted octanol–water partition coefficient (Wildman–Crippen LogP) is 2.52. The van der Waals surface area contributed by atoms with E-state index in [0.717, 1.165) is 12.8 Å². The molecule has 0 aromatic carbocycles. The first-order valence-electron chi connectivity index (χ1n) is 3.88. The molecule has 2 heteroatoms. The molecule has 2 nitrogen and oxygen atoms in total. The molecule has 0 aromatic rings. The van der Waals surface area contributed by atoms with Crippen LogP contribution in [-0.4, -0.2) is 11.4 Å². The molecule has 0 radical (unpaired) electrons. The van der Waals surface area contributed by atoms with E-state index in [4.69, 9.17) is 5.21 Å². The number of hydrogen-bond donors (Lipinski definition) is 1. The second-order valence-electron chi connectivity index (χ2n) is 3.06. The highest BCUT2D eigenvalue weighted by Crippen LogP contribution is 2.12. The van der Waals surface area contributed by atoms with Gasteiger partial charge >= 0.3 is 0 Å². The zero-order chi connectivity index (χ0) is 7.98. The third-order valence-electron chi connectivity index (χ3n) is 1.58. The van der Waals surface area contributed by atoms with E-state index in [1.807, 2.05) is 0 Å². The lowest BCUT2D eigenvalue weighted by Crippen LogP contribution is -2.04. The first kappa shape index (κ1) is 9.47. The van der Waals surface area contributed by atoms with Crippen molar-refractivity contribution in [2.45, 2.75) is 33.6 Å². The molecule has 0 fully saturated rings. The normalized spacial score (nSPS) is 14.8. The van der Waals surface area contributed by atoms with Crippen LogP contribution in [0.1, 0.15) is 33.6 Å². The molecule has 1 unspecified atom stereocenters. The molecule has 10 heavy (non-hydrogen) atoms. The number of hydrogen-bond acceptors (Lipinski definition) is 2. The van der Waals surface area contributed by atoms with Crippen LogP contribution in [-0.2, 0) is 0 Å². The van der Waals surface area contributed by atoms with Crippen molar-refractivity contribution in [3.8, 4) is 0 Å². The fourth-order valence-electron chi connectivity index (χ4n) is 1.03. The van der Waals surface area contributed by atoms with Crippen molar-refractivity contribution in [2.75, 3.05) is 0 Å². The molecule has 0 heterocycles. The van der Waals surface area contributed by atoms with Gasteiger partial charge in [0.25, 0.3) is 0 Å². The maximum absolute atomic E-state index is 8.25. The van der Waals surface area contributed by atoms with Gasteiger partial charge in [0.2, 0.25) is 0 Å². The van der Waals surface area contributed by atoms with E-state index in [9.17, 15) is 0 Å². The number of rotatable bonds is 4. The van der Waals surface area contributed by atoms with Gasteiger partial charge < -0.3 is 5.21 Å². The molecule has 0 aliphatic carbocycles. The fourth-order valence-corrected chi connectivity index (χ4v) is 1.03. The van der Waals surface area contributed by atoms with Crippen molar-refractivity contribution < 1.29 is 5.21 Å². The highest BCUT2D eigenvalue weighted by atomic mass is 16.4. The van der Waals surface area contributed by atoms with E-state index in [1.54, 1.807) is 6.21 Å². The van der Waals surface area contributed by atoms with Crippen LogP contribution >= 0.6 is 0 Å². The highest BCUT2D eigenvalue weighted by Gasteiger charge is 2.04. The topological polar surface area (TPSA) is 32.6 Å². The summed E-state index contributed by atoms with van der Waals surface area (Å²) in [4.78, 5) is 0. The van der Waals surface area contributed by atoms with Gasteiger partial charge in [0.05, 0.1) is 0 Å². The van der Waals surface area contributed by atoms with Crippen molar-refractivity contribution in [1.29, 1.82) is 0 Å². The van der Waals surface area contributed by atoms with Crippen LogP contribution in [0.15, 0.2) is 5.16 Å². The highest BCUT2D eigenvalue weighted by molar-refractivity contribution is 5.59. The van der Waals surface area contributed by atoms with E-state index >= 15 is 0 Å². The van der Waals surface area contributed by atoms with E-state index < -0.39 is 0 Å². The molecule has 0 aliphatic rings. The monoisotopic (exact) mass is 143 g/mol. The summed E-state index contributed by atoms with van der Waals surface area (Å²) in [6.45, 7) is 6.45. The van der Waals surface area contributed by atoms with Gasteiger partial charge in [-0.25, -0.2) is 0 Å². The predicted molar refractivity (Wildman–Crippen MR) is 43.5 cm³/mol. The summed E-state index contributed by atoms with van der Waals surface area (Å²) >= 11 is 0. The summed E-state index contributed by atoms with van der Waals surface area (Å²) in [5, 5.41) is 11.3. The summed E-state index contributed by atoms with van der Waals surface area (Å²) in [5.41, 5.74) is 0. The zero-order valence-electron chi connectivity index (χ0n) is 7.04. The molecule has 0 bridgehead atoms. The molecule has 0 saturated heterocycles. The van der Waals surface area contributed by atoms with Gasteiger partial charge in [-0.1, -0.05) is 20.8 Å². The van der Waals surface area contributed by atoms with Crippen LogP contribution in [0.3, 0.4) is 0 Å². The minimum Gasteiger partial charge on any atom is -0.411 e. The molecule has 1 N–H and O–H groups in total. The Balaban J connectivity index is 3.60. The molecule has 60 valence electrons. The van der Waals surface area contributed by atoms with E-state index in [0.29, 0.717) is 11.8 Å². The molecule has 0 saturated carbocycles. The van der Waals surface area contributed by atoms with Crippen LogP contribution in [0.25, 0.3) is 0 Å². The minimum absolute atomic E-state index is 0.449. The van der Waals surface area contributed by atoms with Crippen molar-refractivity contribution in [1.82, 2.24) is 0 Å². The lowest BCUT2D eigenvalue weighted by molar-refractivity contribution is 0.316. The van der Waals surface area contributed by atoms with Crippen LogP contribution in [0.5, 0.6) is 0 Å². The van der Waals surface area contributed by atoms with Crippen molar-refractivity contribution in [3.05, 3.63) is 0 Å². The largest absolute Gasteiger partial charge is 0.411 e. The average Bonchev–Trinajstić information content (AvgIpc) is 1.86. The lowest BCUT2D eigenvalue weighted by Gasteiger charge is -2.10. The summed E-state index contributed by atoms with van der Waals surface area (Å²) < 4.78 is 0. The Bertz CT molecular complexity index is 99.4. The molecule has 0 aliphatic heterocycles. The number of oxime groups is 1. The number of nitrogens with zero attached hydrogens (tertiary/aromatic N) is 1. The second kappa shape index (κ2) is 5.27. The third-order valence-corrected chi connectivity index (χ3v) is 1.58. The molecule has 0 spiro atoms.